The van der Waals surface area contributed by atoms with Crippen molar-refractivity contribution >= 4 is 9.84 Å². The summed E-state index contributed by atoms with van der Waals surface area (Å²) in [4.78, 5) is 0. The van der Waals surface area contributed by atoms with E-state index in [0.717, 1.165) is 12.8 Å². The summed E-state index contributed by atoms with van der Waals surface area (Å²) in [5.74, 6) is -0.280. The predicted molar refractivity (Wildman–Crippen MR) is 81.2 cm³/mol. The van der Waals surface area contributed by atoms with Gasteiger partial charge in [0.1, 0.15) is 5.82 Å². The summed E-state index contributed by atoms with van der Waals surface area (Å²) in [5, 5.41) is 9.57. The van der Waals surface area contributed by atoms with Gasteiger partial charge in [-0.3, -0.25) is 0 Å². The van der Waals surface area contributed by atoms with E-state index in [2.05, 4.69) is 6.92 Å². The van der Waals surface area contributed by atoms with Crippen LogP contribution in [0, 0.1) is 11.7 Å². The smallest absolute Gasteiger partial charge is 0.159 e. The van der Waals surface area contributed by atoms with Gasteiger partial charge in [-0.25, -0.2) is 12.8 Å². The van der Waals surface area contributed by atoms with Crippen LogP contribution >= 0.6 is 0 Å². The number of aliphatic hydroxyl groups is 1. The molecule has 118 valence electrons. The highest BCUT2D eigenvalue weighted by Gasteiger charge is 2.39. The summed E-state index contributed by atoms with van der Waals surface area (Å²) < 4.78 is 38.8. The van der Waals surface area contributed by atoms with Gasteiger partial charge < -0.3 is 5.11 Å². The first kappa shape index (κ1) is 16.4. The van der Waals surface area contributed by atoms with Crippen molar-refractivity contribution in [2.45, 2.75) is 50.4 Å². The minimum atomic E-state index is -3.60. The molecule has 0 heterocycles. The zero-order chi connectivity index (χ0) is 15.7. The Balaban J connectivity index is 2.17. The van der Waals surface area contributed by atoms with E-state index in [4.69, 9.17) is 0 Å². The average molecular weight is 314 g/mol. The fourth-order valence-electron chi connectivity index (χ4n) is 2.94. The Morgan fingerprint density at radius 1 is 1.33 bits per heavy atom. The summed E-state index contributed by atoms with van der Waals surface area (Å²) in [6, 6.07) is 5.92. The number of benzene rings is 1. The molecule has 3 nitrogen and oxygen atoms in total. The Morgan fingerprint density at radius 3 is 2.48 bits per heavy atom. The molecule has 1 fully saturated rings. The van der Waals surface area contributed by atoms with Crippen LogP contribution in [0.5, 0.6) is 0 Å². The summed E-state index contributed by atoms with van der Waals surface area (Å²) in [6.45, 7) is 3.60. The van der Waals surface area contributed by atoms with Crippen LogP contribution < -0.4 is 0 Å². The van der Waals surface area contributed by atoms with Gasteiger partial charge in [0.25, 0.3) is 0 Å². The summed E-state index contributed by atoms with van der Waals surface area (Å²) in [5.41, 5.74) is -0.990. The van der Waals surface area contributed by atoms with Crippen molar-refractivity contribution < 1.29 is 17.9 Å². The van der Waals surface area contributed by atoms with Crippen molar-refractivity contribution in [1.82, 2.24) is 0 Å². The molecular weight excluding hydrogens is 291 g/mol. The summed E-state index contributed by atoms with van der Waals surface area (Å²) in [7, 11) is -3.60. The molecule has 0 bridgehead atoms. The highest BCUT2D eigenvalue weighted by molar-refractivity contribution is 7.91. The van der Waals surface area contributed by atoms with E-state index in [0.29, 0.717) is 18.8 Å². The first-order valence-corrected chi connectivity index (χ1v) is 9.13. The Labute approximate surface area is 126 Å². The second kappa shape index (κ2) is 6.05. The van der Waals surface area contributed by atoms with Crippen LogP contribution in [0.3, 0.4) is 0 Å². The number of halogens is 1. The van der Waals surface area contributed by atoms with Gasteiger partial charge in [-0.15, -0.1) is 0 Å². The van der Waals surface area contributed by atoms with Gasteiger partial charge in [0.05, 0.1) is 16.6 Å². The topological polar surface area (TPSA) is 54.4 Å². The minimum Gasteiger partial charge on any atom is -0.389 e. The van der Waals surface area contributed by atoms with Gasteiger partial charge in [-0.1, -0.05) is 25.1 Å². The van der Waals surface area contributed by atoms with E-state index in [9.17, 15) is 17.9 Å². The van der Waals surface area contributed by atoms with Gasteiger partial charge >= 0.3 is 0 Å². The summed E-state index contributed by atoms with van der Waals surface area (Å²) in [6.07, 6.45) is 2.66. The first-order chi connectivity index (χ1) is 9.73. The molecule has 1 aromatic rings. The second-order valence-electron chi connectivity index (χ2n) is 6.38. The molecule has 1 aliphatic carbocycles. The fraction of sp³-hybridized carbons (Fsp3) is 0.625. The van der Waals surface area contributed by atoms with Crippen molar-refractivity contribution in [3.8, 4) is 0 Å². The maximum Gasteiger partial charge on any atom is 0.159 e. The Morgan fingerprint density at radius 2 is 1.90 bits per heavy atom. The molecule has 1 N–H and O–H groups in total. The number of hydrogen-bond donors (Lipinski definition) is 1. The van der Waals surface area contributed by atoms with Crippen molar-refractivity contribution in [3.63, 3.8) is 0 Å². The Kier molecular flexibility index (Phi) is 4.73. The zero-order valence-electron chi connectivity index (χ0n) is 12.5. The van der Waals surface area contributed by atoms with E-state index in [1.54, 1.807) is 6.07 Å². The van der Waals surface area contributed by atoms with E-state index in [-0.39, 0.29) is 11.3 Å². The van der Waals surface area contributed by atoms with E-state index in [1.807, 2.05) is 0 Å². The van der Waals surface area contributed by atoms with Gasteiger partial charge in [-0.05, 0) is 44.6 Å². The number of sulfone groups is 1. The zero-order valence-corrected chi connectivity index (χ0v) is 13.4. The molecule has 1 saturated carbocycles. The Bertz CT molecular complexity index is 589. The van der Waals surface area contributed by atoms with E-state index < -0.39 is 26.5 Å². The Hall–Kier alpha value is -0.940. The van der Waals surface area contributed by atoms with Crippen LogP contribution in [-0.4, -0.2) is 24.9 Å². The van der Waals surface area contributed by atoms with Crippen molar-refractivity contribution in [2.75, 3.05) is 5.75 Å². The molecule has 1 atom stereocenters. The fourth-order valence-corrected chi connectivity index (χ4v) is 4.81. The maximum atomic E-state index is 13.8. The molecule has 0 saturated heterocycles. The van der Waals surface area contributed by atoms with E-state index >= 15 is 0 Å². The standard InChI is InChI=1S/C16H23FO3S/c1-12-7-9-16(18,10-8-12)11-21(19,20)13(2)14-5-3-4-6-15(14)17/h3-6,12-13,18H,7-11H2,1-2H3. The SMILES string of the molecule is CC1CCC(O)(CS(=O)(=O)C(C)c2ccccc2F)CC1. The van der Waals surface area contributed by atoms with Crippen LogP contribution in [0.15, 0.2) is 24.3 Å². The van der Waals surface area contributed by atoms with Gasteiger partial charge in [0.15, 0.2) is 9.84 Å². The third-order valence-electron chi connectivity index (χ3n) is 4.56. The molecule has 0 amide bonds. The molecular formula is C16H23FO3S. The minimum absolute atomic E-state index is 0.172. The van der Waals surface area contributed by atoms with Crippen molar-refractivity contribution in [3.05, 3.63) is 35.6 Å². The van der Waals surface area contributed by atoms with Crippen LogP contribution in [0.1, 0.15) is 50.3 Å². The molecule has 0 radical (unpaired) electrons. The third kappa shape index (κ3) is 3.83. The van der Waals surface area contributed by atoms with Crippen LogP contribution in [0.25, 0.3) is 0 Å². The lowest BCUT2D eigenvalue weighted by molar-refractivity contribution is 0.0134. The molecule has 21 heavy (non-hydrogen) atoms. The second-order valence-corrected chi connectivity index (χ2v) is 8.70. The quantitative estimate of drug-likeness (QED) is 0.928. The predicted octanol–water partition coefficient (Wildman–Crippen LogP) is 3.24. The van der Waals surface area contributed by atoms with Crippen molar-refractivity contribution in [2.24, 2.45) is 5.92 Å². The monoisotopic (exact) mass is 314 g/mol. The van der Waals surface area contributed by atoms with Gasteiger partial charge in [0, 0.05) is 5.56 Å². The van der Waals surface area contributed by atoms with Crippen molar-refractivity contribution in [1.29, 1.82) is 0 Å². The number of rotatable bonds is 4. The number of hydrogen-bond acceptors (Lipinski definition) is 3. The molecule has 5 heteroatoms. The lowest BCUT2D eigenvalue weighted by atomic mass is 9.81. The normalized spacial score (nSPS) is 28.3. The first-order valence-electron chi connectivity index (χ1n) is 7.42. The maximum absolute atomic E-state index is 13.8. The lowest BCUT2D eigenvalue weighted by Crippen LogP contribution is -2.41. The molecule has 0 aromatic heterocycles. The molecule has 1 aromatic carbocycles. The van der Waals surface area contributed by atoms with E-state index in [1.165, 1.54) is 25.1 Å². The van der Waals surface area contributed by atoms with Crippen LogP contribution in [0.4, 0.5) is 4.39 Å². The average Bonchev–Trinajstić information content (AvgIpc) is 2.42. The summed E-state index contributed by atoms with van der Waals surface area (Å²) >= 11 is 0. The molecule has 0 aliphatic heterocycles. The molecule has 1 aliphatic rings. The van der Waals surface area contributed by atoms with Crippen LogP contribution in [-0.2, 0) is 9.84 Å². The van der Waals surface area contributed by atoms with Gasteiger partial charge in [0.2, 0.25) is 0 Å². The molecule has 0 spiro atoms. The molecule has 2 rings (SSSR count). The van der Waals surface area contributed by atoms with Crippen LogP contribution in [0.2, 0.25) is 0 Å². The highest BCUT2D eigenvalue weighted by atomic mass is 32.2. The molecule has 1 unspecified atom stereocenters. The lowest BCUT2D eigenvalue weighted by Gasteiger charge is -2.35. The third-order valence-corrected chi connectivity index (χ3v) is 6.83. The van der Waals surface area contributed by atoms with Gasteiger partial charge in [-0.2, -0.15) is 0 Å². The highest BCUT2D eigenvalue weighted by Crippen LogP contribution is 2.35. The largest absolute Gasteiger partial charge is 0.389 e.